The minimum absolute atomic E-state index is 0.112. The molecule has 0 bridgehead atoms. The van der Waals surface area contributed by atoms with Crippen LogP contribution in [0.5, 0.6) is 0 Å². The zero-order valence-electron chi connectivity index (χ0n) is 11.0. The molecule has 0 aliphatic carbocycles. The number of carbonyl (C=O) groups is 4. The van der Waals surface area contributed by atoms with Crippen LogP contribution >= 0.6 is 0 Å². The van der Waals surface area contributed by atoms with E-state index in [4.69, 9.17) is 4.84 Å². The summed E-state index contributed by atoms with van der Waals surface area (Å²) in [5.74, 6) is -2.24. The van der Waals surface area contributed by atoms with Crippen molar-refractivity contribution in [3.63, 3.8) is 0 Å². The number of imide groups is 1. The summed E-state index contributed by atoms with van der Waals surface area (Å²) in [5, 5.41) is 2.82. The van der Waals surface area contributed by atoms with E-state index in [-0.39, 0.29) is 17.7 Å². The number of urea groups is 1. The van der Waals surface area contributed by atoms with Crippen LogP contribution in [0.1, 0.15) is 20.7 Å². The molecule has 0 saturated carbocycles. The van der Waals surface area contributed by atoms with Gasteiger partial charge in [0, 0.05) is 7.05 Å². The predicted molar refractivity (Wildman–Crippen MR) is 68.0 cm³/mol. The van der Waals surface area contributed by atoms with Gasteiger partial charge in [0.15, 0.2) is 0 Å². The van der Waals surface area contributed by atoms with Gasteiger partial charge in [0.1, 0.15) is 6.04 Å². The average Bonchev–Trinajstić information content (AvgIpc) is 2.93. The van der Waals surface area contributed by atoms with Crippen molar-refractivity contribution < 1.29 is 24.0 Å². The Morgan fingerprint density at radius 3 is 2.24 bits per heavy atom. The standard InChI is InChI=1S/C13H11N3O5/c1-15-6-9(14-13(15)20)12(19)21-16-10(17)7-4-2-3-5-8(7)11(16)18/h2-5,9H,6H2,1H3,(H,14,20). The van der Waals surface area contributed by atoms with Crippen LogP contribution in [-0.2, 0) is 9.63 Å². The molecule has 1 fully saturated rings. The number of benzene rings is 1. The highest BCUT2D eigenvalue weighted by Gasteiger charge is 2.41. The lowest BCUT2D eigenvalue weighted by atomic mass is 10.1. The largest absolute Gasteiger partial charge is 0.357 e. The molecule has 1 atom stereocenters. The summed E-state index contributed by atoms with van der Waals surface area (Å²) in [6, 6.07) is 4.86. The number of rotatable bonds is 2. The molecule has 0 aromatic heterocycles. The van der Waals surface area contributed by atoms with E-state index < -0.39 is 29.9 Å². The summed E-state index contributed by atoms with van der Waals surface area (Å²) in [4.78, 5) is 53.4. The van der Waals surface area contributed by atoms with Crippen molar-refractivity contribution in [1.29, 1.82) is 0 Å². The Balaban J connectivity index is 1.75. The zero-order valence-corrected chi connectivity index (χ0v) is 11.0. The van der Waals surface area contributed by atoms with Crippen molar-refractivity contribution in [2.45, 2.75) is 6.04 Å². The van der Waals surface area contributed by atoms with Gasteiger partial charge in [0.2, 0.25) is 0 Å². The van der Waals surface area contributed by atoms with Gasteiger partial charge < -0.3 is 15.1 Å². The molecular weight excluding hydrogens is 278 g/mol. The lowest BCUT2D eigenvalue weighted by Crippen LogP contribution is -2.42. The third-order valence-electron chi connectivity index (χ3n) is 3.32. The number of hydrogen-bond donors (Lipinski definition) is 1. The van der Waals surface area contributed by atoms with Crippen molar-refractivity contribution in [3.05, 3.63) is 35.4 Å². The Kier molecular flexibility index (Phi) is 2.86. The minimum Gasteiger partial charge on any atom is -0.327 e. The maximum Gasteiger partial charge on any atom is 0.357 e. The summed E-state index contributed by atoms with van der Waals surface area (Å²) < 4.78 is 0. The van der Waals surface area contributed by atoms with Crippen LogP contribution in [0.25, 0.3) is 0 Å². The fourth-order valence-electron chi connectivity index (χ4n) is 2.20. The number of nitrogens with zero attached hydrogens (tertiary/aromatic N) is 2. The van der Waals surface area contributed by atoms with Gasteiger partial charge in [-0.05, 0) is 12.1 Å². The summed E-state index contributed by atoms with van der Waals surface area (Å²) in [6.07, 6.45) is 0. The smallest absolute Gasteiger partial charge is 0.327 e. The van der Waals surface area contributed by atoms with Gasteiger partial charge >= 0.3 is 12.0 Å². The molecule has 1 aromatic rings. The molecule has 2 aliphatic rings. The van der Waals surface area contributed by atoms with Crippen LogP contribution in [0.15, 0.2) is 24.3 Å². The Morgan fingerprint density at radius 2 is 1.76 bits per heavy atom. The number of hydroxylamine groups is 2. The van der Waals surface area contributed by atoms with Gasteiger partial charge in [0.05, 0.1) is 17.7 Å². The Bertz CT molecular complexity index is 637. The quantitative estimate of drug-likeness (QED) is 0.758. The van der Waals surface area contributed by atoms with Crippen LogP contribution in [0, 0.1) is 0 Å². The van der Waals surface area contributed by atoms with Crippen molar-refractivity contribution in [2.24, 2.45) is 0 Å². The van der Waals surface area contributed by atoms with Crippen molar-refractivity contribution in [1.82, 2.24) is 15.3 Å². The van der Waals surface area contributed by atoms with Gasteiger partial charge in [0.25, 0.3) is 11.8 Å². The lowest BCUT2D eigenvalue weighted by molar-refractivity contribution is -0.170. The predicted octanol–water partition coefficient (Wildman–Crippen LogP) is -0.236. The number of hydrogen-bond acceptors (Lipinski definition) is 5. The third kappa shape index (κ3) is 2.00. The van der Waals surface area contributed by atoms with Crippen molar-refractivity contribution >= 4 is 23.8 Å². The van der Waals surface area contributed by atoms with E-state index in [1.165, 1.54) is 24.1 Å². The first kappa shape index (κ1) is 13.1. The Morgan fingerprint density at radius 1 is 1.19 bits per heavy atom. The summed E-state index contributed by atoms with van der Waals surface area (Å²) >= 11 is 0. The molecule has 0 spiro atoms. The first-order valence-electron chi connectivity index (χ1n) is 6.20. The fourth-order valence-corrected chi connectivity index (χ4v) is 2.20. The van der Waals surface area contributed by atoms with E-state index in [1.807, 2.05) is 0 Å². The molecule has 1 saturated heterocycles. The van der Waals surface area contributed by atoms with E-state index >= 15 is 0 Å². The van der Waals surface area contributed by atoms with Gasteiger partial charge in [-0.3, -0.25) is 9.59 Å². The van der Waals surface area contributed by atoms with Crippen LogP contribution in [-0.4, -0.2) is 53.4 Å². The van der Waals surface area contributed by atoms with E-state index in [1.54, 1.807) is 12.1 Å². The van der Waals surface area contributed by atoms with E-state index in [0.717, 1.165) is 0 Å². The van der Waals surface area contributed by atoms with E-state index in [0.29, 0.717) is 5.06 Å². The second kappa shape index (κ2) is 4.58. The second-order valence-electron chi connectivity index (χ2n) is 4.74. The SMILES string of the molecule is CN1CC(C(=O)ON2C(=O)c3ccccc3C2=O)NC1=O. The normalized spacial score (nSPS) is 20.6. The molecule has 4 amide bonds. The highest BCUT2D eigenvalue weighted by Crippen LogP contribution is 2.23. The molecule has 0 radical (unpaired) electrons. The Hall–Kier alpha value is -2.90. The van der Waals surface area contributed by atoms with Crippen LogP contribution in [0.3, 0.4) is 0 Å². The first-order valence-corrected chi connectivity index (χ1v) is 6.20. The Labute approximate surface area is 119 Å². The number of likely N-dealkylation sites (N-methyl/N-ethyl adjacent to an activating group) is 1. The maximum absolute atomic E-state index is 12.0. The summed E-state index contributed by atoms with van der Waals surface area (Å²) in [5.41, 5.74) is 0.366. The number of amides is 4. The molecule has 3 rings (SSSR count). The van der Waals surface area contributed by atoms with Crippen LogP contribution in [0.2, 0.25) is 0 Å². The van der Waals surface area contributed by atoms with Gasteiger partial charge in [-0.2, -0.15) is 0 Å². The molecule has 2 aliphatic heterocycles. The third-order valence-corrected chi connectivity index (χ3v) is 3.32. The van der Waals surface area contributed by atoms with Gasteiger partial charge in [-0.1, -0.05) is 17.2 Å². The summed E-state index contributed by atoms with van der Waals surface area (Å²) in [7, 11) is 1.52. The average molecular weight is 289 g/mol. The molecule has 1 unspecified atom stereocenters. The van der Waals surface area contributed by atoms with E-state index in [2.05, 4.69) is 5.32 Å². The maximum atomic E-state index is 12.0. The monoisotopic (exact) mass is 289 g/mol. The molecule has 1 N–H and O–H groups in total. The topological polar surface area (TPSA) is 96.0 Å². The van der Waals surface area contributed by atoms with Crippen molar-refractivity contribution in [3.8, 4) is 0 Å². The lowest BCUT2D eigenvalue weighted by Gasteiger charge is -2.15. The molecule has 108 valence electrons. The van der Waals surface area contributed by atoms with Crippen molar-refractivity contribution in [2.75, 3.05) is 13.6 Å². The van der Waals surface area contributed by atoms with Crippen LogP contribution in [0.4, 0.5) is 4.79 Å². The molecule has 1 aromatic carbocycles. The first-order chi connectivity index (χ1) is 9.99. The van der Waals surface area contributed by atoms with Crippen LogP contribution < -0.4 is 5.32 Å². The number of nitrogens with one attached hydrogen (secondary N) is 1. The summed E-state index contributed by atoms with van der Waals surface area (Å²) in [6.45, 7) is 0.112. The molecule has 21 heavy (non-hydrogen) atoms. The highest BCUT2D eigenvalue weighted by atomic mass is 16.7. The molecule has 8 nitrogen and oxygen atoms in total. The number of fused-ring (bicyclic) bond motifs is 1. The van der Waals surface area contributed by atoms with E-state index in [9.17, 15) is 19.2 Å². The highest BCUT2D eigenvalue weighted by molar-refractivity contribution is 6.20. The van der Waals surface area contributed by atoms with Gasteiger partial charge in [-0.25, -0.2) is 9.59 Å². The minimum atomic E-state index is -0.910. The molecular formula is C13H11N3O5. The fraction of sp³-hybridized carbons (Fsp3) is 0.231. The molecule has 8 heteroatoms. The zero-order chi connectivity index (χ0) is 15.1. The molecule has 2 heterocycles. The second-order valence-corrected chi connectivity index (χ2v) is 4.74. The van der Waals surface area contributed by atoms with Gasteiger partial charge in [-0.15, -0.1) is 0 Å². The number of carbonyl (C=O) groups excluding carboxylic acids is 4.